The molecular formula is C13H16N4O. The van der Waals surface area contributed by atoms with Crippen molar-refractivity contribution in [1.29, 1.82) is 0 Å². The lowest BCUT2D eigenvalue weighted by molar-refractivity contribution is 0.0982. The summed E-state index contributed by atoms with van der Waals surface area (Å²) in [7, 11) is 1.88. The van der Waals surface area contributed by atoms with Crippen LogP contribution in [0.3, 0.4) is 0 Å². The van der Waals surface area contributed by atoms with Crippen molar-refractivity contribution in [1.82, 2.24) is 19.3 Å². The van der Waals surface area contributed by atoms with Gasteiger partial charge in [-0.15, -0.1) is 0 Å². The van der Waals surface area contributed by atoms with Gasteiger partial charge < -0.3 is 4.57 Å². The number of aryl methyl sites for hydroxylation is 2. The molecule has 0 unspecified atom stereocenters. The van der Waals surface area contributed by atoms with E-state index in [1.54, 1.807) is 11.0 Å². The van der Waals surface area contributed by atoms with E-state index < -0.39 is 0 Å². The summed E-state index contributed by atoms with van der Waals surface area (Å²) in [4.78, 5) is 16.1. The molecule has 3 rings (SSSR count). The zero-order valence-corrected chi connectivity index (χ0v) is 10.5. The molecule has 0 saturated carbocycles. The summed E-state index contributed by atoms with van der Waals surface area (Å²) >= 11 is 0. The molecule has 0 aromatic carbocycles. The number of ketones is 1. The molecule has 0 N–H and O–H groups in total. The highest BCUT2D eigenvalue weighted by atomic mass is 16.1. The van der Waals surface area contributed by atoms with Crippen LogP contribution in [0.15, 0.2) is 18.7 Å². The Morgan fingerprint density at radius 1 is 1.28 bits per heavy atom. The van der Waals surface area contributed by atoms with E-state index in [0.717, 1.165) is 30.7 Å². The second-order valence-electron chi connectivity index (χ2n) is 4.80. The Morgan fingerprint density at radius 3 is 2.89 bits per heavy atom. The topological polar surface area (TPSA) is 52.7 Å². The maximum Gasteiger partial charge on any atom is 0.164 e. The Bertz CT molecular complexity index is 582. The third-order valence-electron chi connectivity index (χ3n) is 3.49. The standard InChI is InChI=1S/C13H16N4O/c1-16-13(14-9-15-16)8-17-6-10-4-2-3-5-12(18)11(10)7-17/h6-7,9H,2-5,8H2,1H3. The van der Waals surface area contributed by atoms with Gasteiger partial charge in [-0.3, -0.25) is 9.48 Å². The van der Waals surface area contributed by atoms with Crippen molar-refractivity contribution in [3.05, 3.63) is 35.7 Å². The van der Waals surface area contributed by atoms with E-state index in [1.807, 2.05) is 17.8 Å². The maximum absolute atomic E-state index is 11.9. The van der Waals surface area contributed by atoms with Crippen LogP contribution in [0.5, 0.6) is 0 Å². The van der Waals surface area contributed by atoms with Crippen LogP contribution < -0.4 is 0 Å². The first kappa shape index (κ1) is 11.2. The summed E-state index contributed by atoms with van der Waals surface area (Å²) in [6.07, 6.45) is 9.39. The molecule has 5 nitrogen and oxygen atoms in total. The number of Topliss-reactive ketones (excluding diaryl/α,β-unsaturated/α-hetero) is 1. The number of rotatable bonds is 2. The molecule has 5 heteroatoms. The molecule has 18 heavy (non-hydrogen) atoms. The number of fused-ring (bicyclic) bond motifs is 1. The predicted molar refractivity (Wildman–Crippen MR) is 66.4 cm³/mol. The highest BCUT2D eigenvalue weighted by Gasteiger charge is 2.18. The normalized spacial score (nSPS) is 15.5. The fourth-order valence-corrected chi connectivity index (χ4v) is 2.46. The van der Waals surface area contributed by atoms with Crippen LogP contribution in [0.1, 0.15) is 41.0 Å². The Kier molecular flexibility index (Phi) is 2.74. The van der Waals surface area contributed by atoms with Gasteiger partial charge in [0.2, 0.25) is 0 Å². The number of hydrogen-bond acceptors (Lipinski definition) is 3. The summed E-state index contributed by atoms with van der Waals surface area (Å²) in [5.74, 6) is 1.17. The van der Waals surface area contributed by atoms with Crippen LogP contribution >= 0.6 is 0 Å². The molecule has 2 aromatic rings. The van der Waals surface area contributed by atoms with Crippen LogP contribution in [0, 0.1) is 0 Å². The first-order valence-electron chi connectivity index (χ1n) is 6.29. The van der Waals surface area contributed by atoms with E-state index in [0.29, 0.717) is 13.0 Å². The molecule has 0 spiro atoms. The number of aromatic nitrogens is 4. The van der Waals surface area contributed by atoms with Crippen LogP contribution in [0.2, 0.25) is 0 Å². The second kappa shape index (κ2) is 4.40. The highest BCUT2D eigenvalue weighted by Crippen LogP contribution is 2.21. The third kappa shape index (κ3) is 1.96. The molecule has 0 atom stereocenters. The molecule has 0 aliphatic heterocycles. The molecule has 0 bridgehead atoms. The smallest absolute Gasteiger partial charge is 0.164 e. The molecular weight excluding hydrogens is 228 g/mol. The minimum absolute atomic E-state index is 0.277. The Balaban J connectivity index is 1.89. The van der Waals surface area contributed by atoms with Crippen molar-refractivity contribution in [2.75, 3.05) is 0 Å². The van der Waals surface area contributed by atoms with Crippen molar-refractivity contribution in [2.24, 2.45) is 7.05 Å². The minimum atomic E-state index is 0.277. The first-order chi connectivity index (χ1) is 8.74. The first-order valence-corrected chi connectivity index (χ1v) is 6.29. The maximum atomic E-state index is 11.9. The lowest BCUT2D eigenvalue weighted by Crippen LogP contribution is -2.05. The number of nitrogens with zero attached hydrogens (tertiary/aromatic N) is 4. The van der Waals surface area contributed by atoms with E-state index in [4.69, 9.17) is 0 Å². The largest absolute Gasteiger partial charge is 0.346 e. The summed E-state index contributed by atoms with van der Waals surface area (Å²) in [5.41, 5.74) is 2.08. The van der Waals surface area contributed by atoms with Crippen LogP contribution in [-0.2, 0) is 20.0 Å². The highest BCUT2D eigenvalue weighted by molar-refractivity contribution is 5.97. The average molecular weight is 244 g/mol. The van der Waals surface area contributed by atoms with E-state index in [1.165, 1.54) is 5.56 Å². The SMILES string of the molecule is Cn1ncnc1Cn1cc2c(c1)C(=O)CCCC2. The van der Waals surface area contributed by atoms with Gasteiger partial charge in [-0.2, -0.15) is 5.10 Å². The molecule has 0 amide bonds. The van der Waals surface area contributed by atoms with Crippen molar-refractivity contribution < 1.29 is 4.79 Å². The Labute approximate surface area is 105 Å². The van der Waals surface area contributed by atoms with Crippen LogP contribution in [-0.4, -0.2) is 25.1 Å². The quantitative estimate of drug-likeness (QED) is 0.753. The van der Waals surface area contributed by atoms with Crippen molar-refractivity contribution >= 4 is 5.78 Å². The van der Waals surface area contributed by atoms with Gasteiger partial charge in [0.15, 0.2) is 5.78 Å². The number of hydrogen-bond donors (Lipinski definition) is 0. The van der Waals surface area contributed by atoms with Crippen molar-refractivity contribution in [3.8, 4) is 0 Å². The minimum Gasteiger partial charge on any atom is -0.346 e. The predicted octanol–water partition coefficient (Wildman–Crippen LogP) is 1.57. The van der Waals surface area contributed by atoms with Gasteiger partial charge in [0, 0.05) is 31.4 Å². The second-order valence-corrected chi connectivity index (χ2v) is 4.80. The lowest BCUT2D eigenvalue weighted by Gasteiger charge is -2.02. The van der Waals surface area contributed by atoms with Gasteiger partial charge in [-0.1, -0.05) is 0 Å². The fourth-order valence-electron chi connectivity index (χ4n) is 2.46. The third-order valence-corrected chi connectivity index (χ3v) is 3.49. The molecule has 2 aromatic heterocycles. The summed E-state index contributed by atoms with van der Waals surface area (Å²) < 4.78 is 3.80. The van der Waals surface area contributed by atoms with Gasteiger partial charge >= 0.3 is 0 Å². The summed E-state index contributed by atoms with van der Waals surface area (Å²) in [5, 5.41) is 4.05. The monoisotopic (exact) mass is 244 g/mol. The zero-order chi connectivity index (χ0) is 12.5. The molecule has 0 saturated heterocycles. The molecule has 1 aliphatic rings. The number of carbonyl (C=O) groups excluding carboxylic acids is 1. The van der Waals surface area contributed by atoms with E-state index in [-0.39, 0.29) is 5.78 Å². The van der Waals surface area contributed by atoms with Gasteiger partial charge in [0.1, 0.15) is 12.2 Å². The van der Waals surface area contributed by atoms with E-state index >= 15 is 0 Å². The Hall–Kier alpha value is -1.91. The van der Waals surface area contributed by atoms with Crippen LogP contribution in [0.25, 0.3) is 0 Å². The lowest BCUT2D eigenvalue weighted by atomic mass is 10.1. The molecule has 94 valence electrons. The zero-order valence-electron chi connectivity index (χ0n) is 10.5. The molecule has 0 fully saturated rings. The average Bonchev–Trinajstić information content (AvgIpc) is 2.89. The molecule has 2 heterocycles. The van der Waals surface area contributed by atoms with Crippen LogP contribution in [0.4, 0.5) is 0 Å². The Morgan fingerprint density at radius 2 is 2.11 bits per heavy atom. The van der Waals surface area contributed by atoms with Gasteiger partial charge in [-0.25, -0.2) is 4.98 Å². The van der Waals surface area contributed by atoms with Gasteiger partial charge in [-0.05, 0) is 24.8 Å². The van der Waals surface area contributed by atoms with Gasteiger partial charge in [0.05, 0.1) is 6.54 Å². The number of carbonyl (C=O) groups is 1. The molecule has 1 aliphatic carbocycles. The summed E-state index contributed by atoms with van der Waals surface area (Å²) in [6, 6.07) is 0. The molecule has 0 radical (unpaired) electrons. The van der Waals surface area contributed by atoms with Gasteiger partial charge in [0.25, 0.3) is 0 Å². The van der Waals surface area contributed by atoms with Crippen molar-refractivity contribution in [2.45, 2.75) is 32.2 Å². The van der Waals surface area contributed by atoms with E-state index in [2.05, 4.69) is 16.3 Å². The fraction of sp³-hybridized carbons (Fsp3) is 0.462. The van der Waals surface area contributed by atoms with E-state index in [9.17, 15) is 4.79 Å². The van der Waals surface area contributed by atoms with Crippen molar-refractivity contribution in [3.63, 3.8) is 0 Å². The summed E-state index contributed by atoms with van der Waals surface area (Å²) in [6.45, 7) is 0.663.